The van der Waals surface area contributed by atoms with Crippen molar-refractivity contribution in [3.05, 3.63) is 59.1 Å². The lowest BCUT2D eigenvalue weighted by molar-refractivity contribution is -0.157. The van der Waals surface area contributed by atoms with E-state index >= 15 is 0 Å². The number of amides is 1. The third-order valence-corrected chi connectivity index (χ3v) is 4.35. The van der Waals surface area contributed by atoms with E-state index in [1.54, 1.807) is 38.2 Å². The number of benzene rings is 2. The van der Waals surface area contributed by atoms with Crippen molar-refractivity contribution in [3.8, 4) is 5.75 Å². The highest BCUT2D eigenvalue weighted by Crippen LogP contribution is 2.17. The number of rotatable bonds is 8. The Balaban J connectivity index is 1.79. The fourth-order valence-corrected chi connectivity index (χ4v) is 2.51. The molecule has 150 valence electrons. The Hall–Kier alpha value is -2.73. The molecule has 1 amide bonds. The third kappa shape index (κ3) is 6.46. The highest BCUT2D eigenvalue weighted by molar-refractivity contribution is 6.30. The molecule has 0 N–H and O–H groups in total. The zero-order valence-corrected chi connectivity index (χ0v) is 17.3. The number of carbonyl (C=O) groups excluding carboxylic acids is 2. The van der Waals surface area contributed by atoms with Crippen molar-refractivity contribution < 1.29 is 19.1 Å². The van der Waals surface area contributed by atoms with Crippen molar-refractivity contribution in [2.24, 2.45) is 0 Å². The molecule has 0 radical (unpaired) electrons. The van der Waals surface area contributed by atoms with Crippen molar-refractivity contribution in [2.75, 3.05) is 32.6 Å². The van der Waals surface area contributed by atoms with Crippen LogP contribution in [0.2, 0.25) is 5.02 Å². The summed E-state index contributed by atoms with van der Waals surface area (Å²) < 4.78 is 10.6. The van der Waals surface area contributed by atoms with Gasteiger partial charge in [-0.15, -0.1) is 0 Å². The Labute approximate surface area is 170 Å². The largest absolute Gasteiger partial charge is 0.479 e. The smallest absolute Gasteiger partial charge is 0.347 e. The predicted molar refractivity (Wildman–Crippen MR) is 110 cm³/mol. The maximum Gasteiger partial charge on any atom is 0.347 e. The Morgan fingerprint density at radius 1 is 1.00 bits per heavy atom. The molecular formula is C21H25ClN2O4. The van der Waals surface area contributed by atoms with E-state index in [9.17, 15) is 9.59 Å². The van der Waals surface area contributed by atoms with Crippen molar-refractivity contribution in [3.63, 3.8) is 0 Å². The summed E-state index contributed by atoms with van der Waals surface area (Å²) in [4.78, 5) is 27.8. The minimum absolute atomic E-state index is 0.288. The molecule has 0 saturated carbocycles. The number of ether oxygens (including phenoxy) is 2. The second-order valence-corrected chi connectivity index (χ2v) is 7.07. The molecule has 28 heavy (non-hydrogen) atoms. The Morgan fingerprint density at radius 3 is 2.18 bits per heavy atom. The lowest BCUT2D eigenvalue weighted by atomic mass is 10.2. The van der Waals surface area contributed by atoms with Crippen LogP contribution < -0.4 is 9.64 Å². The normalized spacial score (nSPS) is 11.5. The molecule has 2 aromatic rings. The minimum atomic E-state index is -0.835. The molecule has 0 heterocycles. The topological polar surface area (TPSA) is 59.1 Å². The van der Waals surface area contributed by atoms with Crippen LogP contribution in [-0.4, -0.2) is 50.6 Å². The van der Waals surface area contributed by atoms with Crippen LogP contribution in [-0.2, 0) is 20.9 Å². The number of anilines is 1. The van der Waals surface area contributed by atoms with E-state index in [1.165, 1.54) is 4.90 Å². The monoisotopic (exact) mass is 404 g/mol. The van der Waals surface area contributed by atoms with Crippen molar-refractivity contribution >= 4 is 29.2 Å². The van der Waals surface area contributed by atoms with Crippen LogP contribution in [0.25, 0.3) is 0 Å². The maximum atomic E-state index is 12.2. The van der Waals surface area contributed by atoms with Gasteiger partial charge in [-0.05, 0) is 48.9 Å². The van der Waals surface area contributed by atoms with Gasteiger partial charge in [-0.1, -0.05) is 23.7 Å². The minimum Gasteiger partial charge on any atom is -0.479 e. The molecule has 0 unspecified atom stereocenters. The fraction of sp³-hybridized carbons (Fsp3) is 0.333. The molecule has 0 aliphatic carbocycles. The number of hydrogen-bond donors (Lipinski definition) is 0. The Morgan fingerprint density at radius 2 is 1.61 bits per heavy atom. The number of halogens is 1. The molecule has 0 saturated heterocycles. The van der Waals surface area contributed by atoms with Gasteiger partial charge < -0.3 is 19.3 Å². The first-order chi connectivity index (χ1) is 13.3. The van der Waals surface area contributed by atoms with Crippen molar-refractivity contribution in [1.29, 1.82) is 0 Å². The first-order valence-electron chi connectivity index (χ1n) is 8.85. The number of nitrogens with zero attached hydrogens (tertiary/aromatic N) is 2. The van der Waals surface area contributed by atoms with E-state index in [0.717, 1.165) is 11.3 Å². The second kappa shape index (κ2) is 9.99. The molecule has 2 rings (SSSR count). The lowest BCUT2D eigenvalue weighted by Crippen LogP contribution is -2.34. The van der Waals surface area contributed by atoms with Gasteiger partial charge in [0.25, 0.3) is 5.91 Å². The van der Waals surface area contributed by atoms with Crippen LogP contribution in [0.4, 0.5) is 5.69 Å². The Bertz CT molecular complexity index is 791. The van der Waals surface area contributed by atoms with E-state index < -0.39 is 12.1 Å². The molecular weight excluding hydrogens is 380 g/mol. The highest BCUT2D eigenvalue weighted by atomic mass is 35.5. The first-order valence-corrected chi connectivity index (χ1v) is 9.23. The summed E-state index contributed by atoms with van der Waals surface area (Å²) in [6.07, 6.45) is -0.835. The number of carbonyl (C=O) groups is 2. The summed E-state index contributed by atoms with van der Waals surface area (Å²) in [5, 5.41) is 0.576. The summed E-state index contributed by atoms with van der Waals surface area (Å²) in [6.45, 7) is 1.66. The molecule has 6 nitrogen and oxygen atoms in total. The summed E-state index contributed by atoms with van der Waals surface area (Å²) in [7, 11) is 5.61. The molecule has 2 aromatic carbocycles. The van der Waals surface area contributed by atoms with Gasteiger partial charge in [-0.2, -0.15) is 0 Å². The SMILES string of the molecule is C[C@H](Oc1ccc(Cl)cc1)C(=O)OCC(=O)N(C)Cc1ccc(N(C)C)cc1. The van der Waals surface area contributed by atoms with E-state index in [2.05, 4.69) is 0 Å². The number of likely N-dealkylation sites (N-methyl/N-ethyl adjacent to an activating group) is 1. The summed E-state index contributed by atoms with van der Waals surface area (Å²) in [5.74, 6) is -0.394. The third-order valence-electron chi connectivity index (χ3n) is 4.09. The maximum absolute atomic E-state index is 12.2. The average molecular weight is 405 g/mol. The Kier molecular flexibility index (Phi) is 7.70. The van der Waals surface area contributed by atoms with Gasteiger partial charge in [0.2, 0.25) is 0 Å². The summed E-state index contributed by atoms with van der Waals surface area (Å²) in [6, 6.07) is 14.6. The molecule has 1 atom stereocenters. The van der Waals surface area contributed by atoms with Crippen LogP contribution in [0.5, 0.6) is 5.75 Å². The van der Waals surface area contributed by atoms with Crippen molar-refractivity contribution in [1.82, 2.24) is 4.90 Å². The van der Waals surface area contributed by atoms with Crippen LogP contribution in [0.15, 0.2) is 48.5 Å². The molecule has 0 spiro atoms. The highest BCUT2D eigenvalue weighted by Gasteiger charge is 2.19. The predicted octanol–water partition coefficient (Wildman–Crippen LogP) is 3.38. The van der Waals surface area contributed by atoms with Crippen LogP contribution in [0.3, 0.4) is 0 Å². The molecule has 0 aromatic heterocycles. The molecule has 0 bridgehead atoms. The summed E-state index contributed by atoms with van der Waals surface area (Å²) in [5.41, 5.74) is 2.08. The molecule has 0 aliphatic heterocycles. The summed E-state index contributed by atoms with van der Waals surface area (Å²) >= 11 is 5.81. The van der Waals surface area contributed by atoms with Crippen molar-refractivity contribution in [2.45, 2.75) is 19.6 Å². The quantitative estimate of drug-likeness (QED) is 0.631. The standard InChI is InChI=1S/C21H25ClN2O4/c1-15(28-19-11-7-17(22)8-12-19)21(26)27-14-20(25)24(4)13-16-5-9-18(10-6-16)23(2)3/h5-12,15H,13-14H2,1-4H3/t15-/m0/s1. The molecule has 0 fully saturated rings. The number of hydrogen-bond acceptors (Lipinski definition) is 5. The van der Waals surface area contributed by atoms with Gasteiger partial charge >= 0.3 is 5.97 Å². The van der Waals surface area contributed by atoms with Crippen LogP contribution >= 0.6 is 11.6 Å². The average Bonchev–Trinajstić information content (AvgIpc) is 2.67. The fourth-order valence-electron chi connectivity index (χ4n) is 2.39. The van der Waals surface area contributed by atoms with Gasteiger partial charge in [0.15, 0.2) is 12.7 Å². The first kappa shape index (κ1) is 21.6. The van der Waals surface area contributed by atoms with E-state index in [0.29, 0.717) is 17.3 Å². The molecule has 0 aliphatic rings. The van der Waals surface area contributed by atoms with E-state index in [1.807, 2.05) is 43.3 Å². The van der Waals surface area contributed by atoms with Gasteiger partial charge in [0.05, 0.1) is 0 Å². The zero-order chi connectivity index (χ0) is 20.7. The molecule has 7 heteroatoms. The van der Waals surface area contributed by atoms with Gasteiger partial charge in [0.1, 0.15) is 5.75 Å². The number of esters is 1. The zero-order valence-electron chi connectivity index (χ0n) is 16.5. The van der Waals surface area contributed by atoms with Crippen LogP contribution in [0.1, 0.15) is 12.5 Å². The van der Waals surface area contributed by atoms with E-state index in [-0.39, 0.29) is 12.5 Å². The van der Waals surface area contributed by atoms with Crippen LogP contribution in [0, 0.1) is 0 Å². The van der Waals surface area contributed by atoms with Gasteiger partial charge in [-0.25, -0.2) is 4.79 Å². The van der Waals surface area contributed by atoms with Gasteiger partial charge in [-0.3, -0.25) is 4.79 Å². The van der Waals surface area contributed by atoms with E-state index in [4.69, 9.17) is 21.1 Å². The van der Waals surface area contributed by atoms with Gasteiger partial charge in [0, 0.05) is 38.4 Å². The second-order valence-electron chi connectivity index (χ2n) is 6.63. The lowest BCUT2D eigenvalue weighted by Gasteiger charge is -2.19.